The Labute approximate surface area is 154 Å². The number of methoxy groups -OCH3 is 1. The Bertz CT molecular complexity index is 993. The lowest BCUT2D eigenvalue weighted by Crippen LogP contribution is -2.10. The first-order valence-electron chi connectivity index (χ1n) is 7.93. The van der Waals surface area contributed by atoms with E-state index in [1.54, 1.807) is 24.3 Å². The third-order valence-electron chi connectivity index (χ3n) is 3.91. The van der Waals surface area contributed by atoms with Gasteiger partial charge in [0.1, 0.15) is 12.3 Å². The lowest BCUT2D eigenvalue weighted by atomic mass is 10.2. The molecule has 0 saturated heterocycles. The van der Waals surface area contributed by atoms with Gasteiger partial charge in [-0.2, -0.15) is 15.0 Å². The summed E-state index contributed by atoms with van der Waals surface area (Å²) in [7, 11) is 1.64. The molecular weight excluding hydrogens is 352 g/mol. The summed E-state index contributed by atoms with van der Waals surface area (Å²) in [6, 6.07) is 15.2. The molecule has 0 amide bonds. The van der Waals surface area contributed by atoms with E-state index in [0.717, 1.165) is 22.8 Å². The normalized spacial score (nSPS) is 10.8. The van der Waals surface area contributed by atoms with Crippen molar-refractivity contribution in [2.75, 3.05) is 7.11 Å². The van der Waals surface area contributed by atoms with Crippen LogP contribution in [0.3, 0.4) is 0 Å². The quantitative estimate of drug-likeness (QED) is 0.542. The highest BCUT2D eigenvalue weighted by molar-refractivity contribution is 6.30. The minimum absolute atomic E-state index is 0.402. The summed E-state index contributed by atoms with van der Waals surface area (Å²) in [6.45, 7) is 0.402. The highest BCUT2D eigenvalue weighted by Gasteiger charge is 2.16. The van der Waals surface area contributed by atoms with Crippen LogP contribution >= 0.6 is 11.6 Å². The van der Waals surface area contributed by atoms with Crippen LogP contribution in [0.15, 0.2) is 60.9 Å². The van der Waals surface area contributed by atoms with Gasteiger partial charge in [0.15, 0.2) is 11.6 Å². The van der Waals surface area contributed by atoms with E-state index in [2.05, 4.69) is 20.4 Å². The van der Waals surface area contributed by atoms with E-state index in [0.29, 0.717) is 17.4 Å². The summed E-state index contributed by atoms with van der Waals surface area (Å²) in [6.07, 6.45) is 3.26. The van der Waals surface area contributed by atoms with Crippen molar-refractivity contribution >= 4 is 11.6 Å². The maximum absolute atomic E-state index is 6.04. The molecule has 0 aliphatic rings. The van der Waals surface area contributed by atoms with Crippen LogP contribution in [0.1, 0.15) is 5.82 Å². The zero-order valence-corrected chi connectivity index (χ0v) is 14.7. The average Bonchev–Trinajstić information content (AvgIpc) is 3.33. The van der Waals surface area contributed by atoms with Crippen LogP contribution in [0.5, 0.6) is 5.75 Å². The van der Waals surface area contributed by atoms with Gasteiger partial charge in [-0.3, -0.25) is 4.57 Å². The summed E-state index contributed by atoms with van der Waals surface area (Å²) in [5.74, 6) is 2.22. The molecule has 130 valence electrons. The minimum Gasteiger partial charge on any atom is -0.497 e. The lowest BCUT2D eigenvalue weighted by molar-refractivity contribution is 0.415. The first-order chi connectivity index (χ1) is 12.7. The summed E-state index contributed by atoms with van der Waals surface area (Å²) in [4.78, 5) is 1.56. The second-order valence-electron chi connectivity index (χ2n) is 5.54. The highest BCUT2D eigenvalue weighted by Crippen LogP contribution is 2.26. The molecular formula is C18H15ClN6O. The molecule has 0 aliphatic heterocycles. The smallest absolute Gasteiger partial charge is 0.168 e. The third-order valence-corrected chi connectivity index (χ3v) is 4.16. The maximum Gasteiger partial charge on any atom is 0.168 e. The van der Waals surface area contributed by atoms with Crippen LogP contribution < -0.4 is 4.74 Å². The Morgan fingerprint density at radius 3 is 2.27 bits per heavy atom. The monoisotopic (exact) mass is 366 g/mol. The Kier molecular flexibility index (Phi) is 4.37. The van der Waals surface area contributed by atoms with E-state index in [9.17, 15) is 0 Å². The molecule has 0 atom stereocenters. The van der Waals surface area contributed by atoms with E-state index in [1.165, 1.54) is 0 Å². The van der Waals surface area contributed by atoms with Crippen molar-refractivity contribution in [3.63, 3.8) is 0 Å². The number of nitrogens with zero attached hydrogens (tertiary/aromatic N) is 6. The minimum atomic E-state index is 0.402. The molecule has 0 unspecified atom stereocenters. The zero-order valence-electron chi connectivity index (χ0n) is 14.0. The molecule has 2 heterocycles. The van der Waals surface area contributed by atoms with Crippen molar-refractivity contribution in [1.29, 1.82) is 0 Å². The van der Waals surface area contributed by atoms with Crippen LogP contribution in [0, 0.1) is 0 Å². The molecule has 0 fully saturated rings. The van der Waals surface area contributed by atoms with Gasteiger partial charge >= 0.3 is 0 Å². The average molecular weight is 367 g/mol. The van der Waals surface area contributed by atoms with Crippen LogP contribution in [0.4, 0.5) is 0 Å². The summed E-state index contributed by atoms with van der Waals surface area (Å²) < 4.78 is 7.20. The molecule has 0 spiro atoms. The van der Waals surface area contributed by atoms with Crippen LogP contribution in [-0.4, -0.2) is 36.9 Å². The molecule has 4 rings (SSSR count). The number of hydrogen-bond donors (Lipinski definition) is 0. The standard InChI is InChI=1S/C18H15ClN6O/c1-26-16-8-2-13(3-9-16)18-23-22-17(12-24-20-10-11-21-24)25(18)15-6-4-14(19)5-7-15/h2-11H,12H2,1H3. The van der Waals surface area contributed by atoms with Gasteiger partial charge in [0.2, 0.25) is 0 Å². The van der Waals surface area contributed by atoms with Gasteiger partial charge in [0, 0.05) is 16.3 Å². The van der Waals surface area contributed by atoms with Crippen LogP contribution in [0.2, 0.25) is 5.02 Å². The second-order valence-corrected chi connectivity index (χ2v) is 5.98. The van der Waals surface area contributed by atoms with Crippen molar-refractivity contribution in [1.82, 2.24) is 29.8 Å². The van der Waals surface area contributed by atoms with Gasteiger partial charge in [-0.25, -0.2) is 0 Å². The molecule has 2 aromatic heterocycles. The number of hydrogen-bond acceptors (Lipinski definition) is 5. The van der Waals surface area contributed by atoms with E-state index in [1.807, 2.05) is 53.1 Å². The van der Waals surface area contributed by atoms with Crippen molar-refractivity contribution < 1.29 is 4.74 Å². The molecule has 0 radical (unpaired) electrons. The van der Waals surface area contributed by atoms with Gasteiger partial charge < -0.3 is 4.74 Å². The van der Waals surface area contributed by atoms with Gasteiger partial charge in [-0.1, -0.05) is 11.6 Å². The number of aromatic nitrogens is 6. The molecule has 26 heavy (non-hydrogen) atoms. The fourth-order valence-corrected chi connectivity index (χ4v) is 2.78. The summed E-state index contributed by atoms with van der Waals surface area (Å²) in [5.41, 5.74) is 1.83. The predicted octanol–water partition coefficient (Wildman–Crippen LogP) is 3.24. The lowest BCUT2D eigenvalue weighted by Gasteiger charge is -2.11. The van der Waals surface area contributed by atoms with Crippen molar-refractivity contribution in [2.45, 2.75) is 6.54 Å². The molecule has 0 saturated carbocycles. The molecule has 0 aliphatic carbocycles. The highest BCUT2D eigenvalue weighted by atomic mass is 35.5. The first-order valence-corrected chi connectivity index (χ1v) is 8.31. The maximum atomic E-state index is 6.04. The molecule has 7 nitrogen and oxygen atoms in total. The molecule has 4 aromatic rings. The van der Waals surface area contributed by atoms with Gasteiger partial charge in [0.05, 0.1) is 19.5 Å². The van der Waals surface area contributed by atoms with Crippen molar-refractivity contribution in [2.24, 2.45) is 0 Å². The molecule has 2 aromatic carbocycles. The Morgan fingerprint density at radius 2 is 1.62 bits per heavy atom. The van der Waals surface area contributed by atoms with E-state index >= 15 is 0 Å². The summed E-state index contributed by atoms with van der Waals surface area (Å²) >= 11 is 6.04. The largest absolute Gasteiger partial charge is 0.497 e. The van der Waals surface area contributed by atoms with Crippen molar-refractivity contribution in [3.8, 4) is 22.8 Å². The fraction of sp³-hybridized carbons (Fsp3) is 0.111. The van der Waals surface area contributed by atoms with E-state index in [-0.39, 0.29) is 0 Å². The predicted molar refractivity (Wildman–Crippen MR) is 97.5 cm³/mol. The number of halogens is 1. The first kappa shape index (κ1) is 16.3. The number of ether oxygens (including phenoxy) is 1. The Morgan fingerprint density at radius 1 is 0.923 bits per heavy atom. The van der Waals surface area contributed by atoms with Gasteiger partial charge in [0.25, 0.3) is 0 Å². The Balaban J connectivity index is 1.82. The molecule has 0 bridgehead atoms. The van der Waals surface area contributed by atoms with Crippen LogP contribution in [0.25, 0.3) is 17.1 Å². The SMILES string of the molecule is COc1ccc(-c2nnc(Cn3nccn3)n2-c2ccc(Cl)cc2)cc1. The van der Waals surface area contributed by atoms with Gasteiger partial charge in [-0.05, 0) is 48.5 Å². The number of rotatable bonds is 5. The van der Waals surface area contributed by atoms with E-state index in [4.69, 9.17) is 16.3 Å². The second kappa shape index (κ2) is 6.97. The topological polar surface area (TPSA) is 70.7 Å². The zero-order chi connectivity index (χ0) is 17.9. The third kappa shape index (κ3) is 3.16. The Hall–Kier alpha value is -3.19. The van der Waals surface area contributed by atoms with E-state index < -0.39 is 0 Å². The van der Waals surface area contributed by atoms with Crippen molar-refractivity contribution in [3.05, 3.63) is 71.8 Å². The number of benzene rings is 2. The molecule has 0 N–H and O–H groups in total. The van der Waals surface area contributed by atoms with Gasteiger partial charge in [-0.15, -0.1) is 10.2 Å². The summed E-state index contributed by atoms with van der Waals surface area (Å²) in [5, 5.41) is 17.7. The molecule has 8 heteroatoms. The fourth-order valence-electron chi connectivity index (χ4n) is 2.66. The van der Waals surface area contributed by atoms with Crippen LogP contribution in [-0.2, 0) is 6.54 Å².